The number of benzene rings is 3. The van der Waals surface area contributed by atoms with Crippen LogP contribution in [0.5, 0.6) is 5.75 Å². The van der Waals surface area contributed by atoms with Crippen LogP contribution in [-0.4, -0.2) is 57.6 Å². The molecule has 3 aromatic rings. The molecule has 0 unspecified atom stereocenters. The van der Waals surface area contributed by atoms with Gasteiger partial charge in [-0.15, -0.1) is 0 Å². The lowest BCUT2D eigenvalue weighted by molar-refractivity contribution is -0.140. The molecule has 3 aromatic carbocycles. The lowest BCUT2D eigenvalue weighted by atomic mass is 10.0. The summed E-state index contributed by atoms with van der Waals surface area (Å²) in [6.45, 7) is 1.47. The van der Waals surface area contributed by atoms with E-state index in [1.165, 1.54) is 54.5 Å². The van der Waals surface area contributed by atoms with Crippen molar-refractivity contribution in [3.05, 3.63) is 94.8 Å². The quantitative estimate of drug-likeness (QED) is 0.352. The van der Waals surface area contributed by atoms with Crippen LogP contribution in [0.1, 0.15) is 18.1 Å². The Hall–Kier alpha value is -3.63. The standard InChI is InChI=1S/C28H31ClFN3O5S/c1-4-31-28(35)25(16-20-8-6-5-7-9-20)32(18-21-10-12-22(30)13-11-21)27(34)19-33(39(3,36)37)23-14-15-26(38-2)24(29)17-23/h5-15,17,25H,4,16,18-19H2,1-3H3,(H,31,35)/t25-/m0/s1. The number of methoxy groups -OCH3 is 1. The van der Waals surface area contributed by atoms with E-state index < -0.39 is 40.2 Å². The van der Waals surface area contributed by atoms with Crippen molar-refractivity contribution in [2.45, 2.75) is 25.9 Å². The van der Waals surface area contributed by atoms with Gasteiger partial charge in [-0.2, -0.15) is 0 Å². The Labute approximate surface area is 233 Å². The number of halogens is 2. The predicted molar refractivity (Wildman–Crippen MR) is 150 cm³/mol. The van der Waals surface area contributed by atoms with Gasteiger partial charge in [0.05, 0.1) is 24.1 Å². The van der Waals surface area contributed by atoms with Crippen LogP contribution in [0.15, 0.2) is 72.8 Å². The first-order valence-electron chi connectivity index (χ1n) is 12.2. The zero-order valence-corrected chi connectivity index (χ0v) is 23.5. The Kier molecular flexibility index (Phi) is 10.3. The van der Waals surface area contributed by atoms with Crippen LogP contribution in [-0.2, 0) is 32.6 Å². The second-order valence-electron chi connectivity index (χ2n) is 8.84. The molecule has 11 heteroatoms. The summed E-state index contributed by atoms with van der Waals surface area (Å²) in [5, 5.41) is 2.95. The molecule has 8 nitrogen and oxygen atoms in total. The number of nitrogens with zero attached hydrogens (tertiary/aromatic N) is 2. The molecule has 39 heavy (non-hydrogen) atoms. The normalized spacial score (nSPS) is 11.9. The molecule has 0 radical (unpaired) electrons. The van der Waals surface area contributed by atoms with Gasteiger partial charge in [-0.3, -0.25) is 13.9 Å². The van der Waals surface area contributed by atoms with E-state index in [4.69, 9.17) is 16.3 Å². The fraction of sp³-hybridized carbons (Fsp3) is 0.286. The van der Waals surface area contributed by atoms with Crippen LogP contribution in [0.25, 0.3) is 0 Å². The summed E-state index contributed by atoms with van der Waals surface area (Å²) in [5.41, 5.74) is 1.55. The van der Waals surface area contributed by atoms with Gasteiger partial charge < -0.3 is 15.0 Å². The van der Waals surface area contributed by atoms with Crippen molar-refractivity contribution in [3.8, 4) is 5.75 Å². The Balaban J connectivity index is 2.04. The fourth-order valence-electron chi connectivity index (χ4n) is 4.06. The number of rotatable bonds is 12. The summed E-state index contributed by atoms with van der Waals surface area (Å²) in [6, 6.07) is 18.2. The third kappa shape index (κ3) is 8.18. The van der Waals surface area contributed by atoms with E-state index >= 15 is 0 Å². The molecule has 3 rings (SSSR count). The molecule has 2 amide bonds. The molecule has 0 saturated carbocycles. The first kappa shape index (κ1) is 29.9. The summed E-state index contributed by atoms with van der Waals surface area (Å²) in [7, 11) is -2.51. The second-order valence-corrected chi connectivity index (χ2v) is 11.2. The smallest absolute Gasteiger partial charge is 0.244 e. The van der Waals surface area contributed by atoms with Gasteiger partial charge in [-0.25, -0.2) is 12.8 Å². The van der Waals surface area contributed by atoms with Crippen LogP contribution in [0.4, 0.5) is 10.1 Å². The Bertz CT molecular complexity index is 1390. The third-order valence-corrected chi connectivity index (χ3v) is 7.43. The summed E-state index contributed by atoms with van der Waals surface area (Å²) < 4.78 is 45.3. The number of anilines is 1. The van der Waals surface area contributed by atoms with Gasteiger partial charge in [0.15, 0.2) is 0 Å². The van der Waals surface area contributed by atoms with Gasteiger partial charge in [-0.05, 0) is 48.4 Å². The van der Waals surface area contributed by atoms with Gasteiger partial charge >= 0.3 is 0 Å². The Morgan fingerprint density at radius 2 is 1.69 bits per heavy atom. The molecule has 0 aliphatic carbocycles. The third-order valence-electron chi connectivity index (χ3n) is 5.99. The maximum absolute atomic E-state index is 13.9. The fourth-order valence-corrected chi connectivity index (χ4v) is 5.15. The van der Waals surface area contributed by atoms with E-state index in [9.17, 15) is 22.4 Å². The van der Waals surface area contributed by atoms with Crippen molar-refractivity contribution in [1.82, 2.24) is 10.2 Å². The number of sulfonamides is 1. The predicted octanol–water partition coefficient (Wildman–Crippen LogP) is 4.03. The number of carbonyl (C=O) groups excluding carboxylic acids is 2. The van der Waals surface area contributed by atoms with Gasteiger partial charge in [0.2, 0.25) is 21.8 Å². The van der Waals surface area contributed by atoms with Crippen molar-refractivity contribution < 1.29 is 27.1 Å². The largest absolute Gasteiger partial charge is 0.495 e. The average Bonchev–Trinajstić information content (AvgIpc) is 2.90. The average molecular weight is 576 g/mol. The maximum Gasteiger partial charge on any atom is 0.244 e. The highest BCUT2D eigenvalue weighted by Gasteiger charge is 2.33. The monoisotopic (exact) mass is 575 g/mol. The molecule has 0 heterocycles. The van der Waals surface area contributed by atoms with Crippen molar-refractivity contribution >= 4 is 39.1 Å². The van der Waals surface area contributed by atoms with Crippen LogP contribution in [0, 0.1) is 5.82 Å². The summed E-state index contributed by atoms with van der Waals surface area (Å²) in [6.07, 6.45) is 1.17. The minimum atomic E-state index is -3.94. The SMILES string of the molecule is CCNC(=O)[C@H](Cc1ccccc1)N(Cc1ccc(F)cc1)C(=O)CN(c1ccc(OC)c(Cl)c1)S(C)(=O)=O. The van der Waals surface area contributed by atoms with E-state index in [0.29, 0.717) is 17.9 Å². The summed E-state index contributed by atoms with van der Waals surface area (Å²) in [5.74, 6) is -1.11. The lowest BCUT2D eigenvalue weighted by Crippen LogP contribution is -2.53. The zero-order valence-electron chi connectivity index (χ0n) is 21.9. The van der Waals surface area contributed by atoms with Gasteiger partial charge in [0.1, 0.15) is 24.2 Å². The number of hydrogen-bond donors (Lipinski definition) is 1. The van der Waals surface area contributed by atoms with Crippen molar-refractivity contribution in [2.75, 3.05) is 30.8 Å². The number of ether oxygens (including phenoxy) is 1. The highest BCUT2D eigenvalue weighted by atomic mass is 35.5. The molecule has 0 aliphatic rings. The van der Waals surface area contributed by atoms with Crippen LogP contribution < -0.4 is 14.4 Å². The van der Waals surface area contributed by atoms with Crippen molar-refractivity contribution in [2.24, 2.45) is 0 Å². The molecule has 208 valence electrons. The number of carbonyl (C=O) groups is 2. The molecule has 0 aliphatic heterocycles. The number of hydrogen-bond acceptors (Lipinski definition) is 5. The maximum atomic E-state index is 13.9. The topological polar surface area (TPSA) is 96.0 Å². The molecule has 1 N–H and O–H groups in total. The first-order chi connectivity index (χ1) is 18.5. The van der Waals surface area contributed by atoms with Crippen LogP contribution in [0.2, 0.25) is 5.02 Å². The molecule has 0 saturated heterocycles. The number of nitrogens with one attached hydrogen (secondary N) is 1. The van der Waals surface area contributed by atoms with E-state index in [0.717, 1.165) is 16.1 Å². The zero-order chi connectivity index (χ0) is 28.6. The van der Waals surface area contributed by atoms with E-state index in [2.05, 4.69) is 5.32 Å². The van der Waals surface area contributed by atoms with Crippen molar-refractivity contribution in [3.63, 3.8) is 0 Å². The highest BCUT2D eigenvalue weighted by Crippen LogP contribution is 2.30. The summed E-state index contributed by atoms with van der Waals surface area (Å²) >= 11 is 6.23. The van der Waals surface area contributed by atoms with Gasteiger partial charge in [-0.1, -0.05) is 54.1 Å². The number of amides is 2. The molecule has 0 fully saturated rings. The van der Waals surface area contributed by atoms with E-state index in [1.54, 1.807) is 6.92 Å². The molecule has 1 atom stereocenters. The highest BCUT2D eigenvalue weighted by molar-refractivity contribution is 7.92. The number of likely N-dealkylation sites (N-methyl/N-ethyl adjacent to an activating group) is 1. The van der Waals surface area contributed by atoms with Gasteiger partial charge in [0, 0.05) is 19.5 Å². The Morgan fingerprint density at radius 1 is 1.03 bits per heavy atom. The molecule has 0 spiro atoms. The Morgan fingerprint density at radius 3 is 2.26 bits per heavy atom. The summed E-state index contributed by atoms with van der Waals surface area (Å²) in [4.78, 5) is 28.5. The minimum absolute atomic E-state index is 0.0469. The van der Waals surface area contributed by atoms with E-state index in [-0.39, 0.29) is 23.7 Å². The molecular weight excluding hydrogens is 545 g/mol. The molecular formula is C28H31ClFN3O5S. The van der Waals surface area contributed by atoms with Crippen molar-refractivity contribution in [1.29, 1.82) is 0 Å². The molecule has 0 bridgehead atoms. The lowest BCUT2D eigenvalue weighted by Gasteiger charge is -2.33. The van der Waals surface area contributed by atoms with E-state index in [1.807, 2.05) is 30.3 Å². The van der Waals surface area contributed by atoms with Crippen LogP contribution in [0.3, 0.4) is 0 Å². The minimum Gasteiger partial charge on any atom is -0.495 e. The van der Waals surface area contributed by atoms with Crippen LogP contribution >= 0.6 is 11.6 Å². The first-order valence-corrected chi connectivity index (χ1v) is 14.4. The molecule has 0 aromatic heterocycles. The van der Waals surface area contributed by atoms with Gasteiger partial charge in [0.25, 0.3) is 0 Å². The second kappa shape index (κ2) is 13.4.